The largest absolute Gasteiger partial charge is 0.370 e. The van der Waals surface area contributed by atoms with Crippen molar-refractivity contribution in [3.05, 3.63) is 63.9 Å². The minimum absolute atomic E-state index is 0.145. The van der Waals surface area contributed by atoms with E-state index in [1.54, 1.807) is 12.1 Å². The molecule has 0 heterocycles. The number of benzene rings is 2. The Morgan fingerprint density at radius 1 is 1.20 bits per heavy atom. The highest BCUT2D eigenvalue weighted by Gasteiger charge is 2.15. The summed E-state index contributed by atoms with van der Waals surface area (Å²) in [5.74, 6) is -0.738. The molecule has 0 saturated heterocycles. The van der Waals surface area contributed by atoms with Gasteiger partial charge in [0.15, 0.2) is 5.78 Å². The fraction of sp³-hybridized carbons (Fsp3) is 0.188. The van der Waals surface area contributed by atoms with Crippen LogP contribution < -0.4 is 4.90 Å². The van der Waals surface area contributed by atoms with Crippen molar-refractivity contribution in [1.29, 1.82) is 0 Å². The molecule has 0 atom stereocenters. The lowest BCUT2D eigenvalue weighted by Gasteiger charge is -2.22. The zero-order valence-corrected chi connectivity index (χ0v) is 12.9. The second-order valence-corrected chi connectivity index (χ2v) is 5.59. The molecule has 0 aliphatic carbocycles. The molecular weight excluding hydrogens is 321 g/mol. The van der Waals surface area contributed by atoms with Crippen LogP contribution in [0.4, 0.5) is 10.1 Å². The van der Waals surface area contributed by atoms with Crippen LogP contribution in [0, 0.1) is 5.82 Å². The van der Waals surface area contributed by atoms with E-state index in [0.717, 1.165) is 10.0 Å². The van der Waals surface area contributed by atoms with Gasteiger partial charge >= 0.3 is 0 Å². The summed E-state index contributed by atoms with van der Waals surface area (Å²) in [5, 5.41) is 0. The highest BCUT2D eigenvalue weighted by molar-refractivity contribution is 9.10. The molecule has 0 spiro atoms. The van der Waals surface area contributed by atoms with Crippen molar-refractivity contribution in [1.82, 2.24) is 0 Å². The average molecular weight is 336 g/mol. The van der Waals surface area contributed by atoms with Gasteiger partial charge in [-0.3, -0.25) is 4.79 Å². The third-order valence-corrected chi connectivity index (χ3v) is 3.62. The van der Waals surface area contributed by atoms with E-state index in [0.29, 0.717) is 12.2 Å². The number of carbonyl (C=O) groups is 1. The van der Waals surface area contributed by atoms with E-state index >= 15 is 0 Å². The fourth-order valence-electron chi connectivity index (χ4n) is 2.13. The molecule has 0 aromatic heterocycles. The van der Waals surface area contributed by atoms with Crippen LogP contribution in [0.2, 0.25) is 0 Å². The number of rotatable bonds is 4. The molecule has 20 heavy (non-hydrogen) atoms. The Balaban J connectivity index is 2.29. The van der Waals surface area contributed by atoms with Crippen LogP contribution in [-0.4, -0.2) is 12.8 Å². The van der Waals surface area contributed by atoms with Gasteiger partial charge in [0.2, 0.25) is 0 Å². The maximum atomic E-state index is 13.8. The zero-order chi connectivity index (χ0) is 14.7. The van der Waals surface area contributed by atoms with Gasteiger partial charge in [0.1, 0.15) is 5.82 Å². The molecule has 0 amide bonds. The Bertz CT molecular complexity index is 625. The molecule has 0 N–H and O–H groups in total. The summed E-state index contributed by atoms with van der Waals surface area (Å²) in [6.07, 6.45) is 0. The first kappa shape index (κ1) is 14.7. The molecule has 104 valence electrons. The Kier molecular flexibility index (Phi) is 4.55. The lowest BCUT2D eigenvalue weighted by molar-refractivity contribution is 0.101. The molecule has 0 aliphatic heterocycles. The van der Waals surface area contributed by atoms with Gasteiger partial charge in [-0.1, -0.05) is 34.1 Å². The first-order valence-corrected chi connectivity index (χ1v) is 7.03. The predicted octanol–water partition coefficient (Wildman–Crippen LogP) is 4.43. The fourth-order valence-corrected chi connectivity index (χ4v) is 2.39. The minimum Gasteiger partial charge on any atom is -0.370 e. The Labute approximate surface area is 126 Å². The van der Waals surface area contributed by atoms with Crippen LogP contribution in [0.3, 0.4) is 0 Å². The van der Waals surface area contributed by atoms with Crippen molar-refractivity contribution in [3.63, 3.8) is 0 Å². The molecule has 0 bridgehead atoms. The number of hydrogen-bond acceptors (Lipinski definition) is 2. The lowest BCUT2D eigenvalue weighted by Crippen LogP contribution is -2.19. The van der Waals surface area contributed by atoms with Gasteiger partial charge in [0.25, 0.3) is 0 Å². The monoisotopic (exact) mass is 335 g/mol. The number of ketones is 1. The van der Waals surface area contributed by atoms with Gasteiger partial charge in [-0.2, -0.15) is 0 Å². The van der Waals surface area contributed by atoms with E-state index in [4.69, 9.17) is 0 Å². The second kappa shape index (κ2) is 6.18. The molecule has 0 fully saturated rings. The van der Waals surface area contributed by atoms with E-state index in [1.807, 2.05) is 36.2 Å². The van der Waals surface area contributed by atoms with Gasteiger partial charge in [0.05, 0.1) is 11.3 Å². The highest BCUT2D eigenvalue weighted by Crippen LogP contribution is 2.24. The SMILES string of the molecule is CC(=O)c1c(F)cccc1N(C)Cc1ccc(Br)cc1. The lowest BCUT2D eigenvalue weighted by atomic mass is 10.1. The van der Waals surface area contributed by atoms with E-state index in [-0.39, 0.29) is 11.3 Å². The summed E-state index contributed by atoms with van der Waals surface area (Å²) in [5.41, 5.74) is 1.85. The smallest absolute Gasteiger partial charge is 0.164 e. The number of hydrogen-bond donors (Lipinski definition) is 0. The minimum atomic E-state index is -0.474. The number of halogens is 2. The summed E-state index contributed by atoms with van der Waals surface area (Å²) in [6.45, 7) is 1.99. The van der Waals surface area contributed by atoms with Crippen LogP contribution in [0.25, 0.3) is 0 Å². The maximum Gasteiger partial charge on any atom is 0.164 e. The van der Waals surface area contributed by atoms with Crippen LogP contribution in [0.15, 0.2) is 46.9 Å². The van der Waals surface area contributed by atoms with Crippen molar-refractivity contribution >= 4 is 27.4 Å². The number of carbonyl (C=O) groups excluding carboxylic acids is 1. The van der Waals surface area contributed by atoms with Crippen LogP contribution in [0.5, 0.6) is 0 Å². The van der Waals surface area contributed by atoms with Gasteiger partial charge in [-0.05, 0) is 36.8 Å². The molecule has 4 heteroatoms. The highest BCUT2D eigenvalue weighted by atomic mass is 79.9. The second-order valence-electron chi connectivity index (χ2n) is 4.67. The molecule has 2 nitrogen and oxygen atoms in total. The maximum absolute atomic E-state index is 13.8. The number of Topliss-reactive ketones (excluding diaryl/α,β-unsaturated/α-hetero) is 1. The Hall–Kier alpha value is -1.68. The van der Waals surface area contributed by atoms with Crippen molar-refractivity contribution in [3.8, 4) is 0 Å². The van der Waals surface area contributed by atoms with Crippen LogP contribution in [-0.2, 0) is 6.54 Å². The summed E-state index contributed by atoms with van der Waals surface area (Å²) in [4.78, 5) is 13.5. The van der Waals surface area contributed by atoms with E-state index in [1.165, 1.54) is 13.0 Å². The molecule has 2 aromatic carbocycles. The van der Waals surface area contributed by atoms with Gasteiger partial charge in [0, 0.05) is 18.1 Å². The third kappa shape index (κ3) is 3.25. The molecule has 0 radical (unpaired) electrons. The first-order valence-electron chi connectivity index (χ1n) is 6.24. The standard InChI is InChI=1S/C16H15BrFNO/c1-11(20)16-14(18)4-3-5-15(16)19(2)10-12-6-8-13(17)9-7-12/h3-9H,10H2,1-2H3. The summed E-state index contributed by atoms with van der Waals surface area (Å²) >= 11 is 3.39. The van der Waals surface area contributed by atoms with Crippen molar-refractivity contribution in [2.75, 3.05) is 11.9 Å². The molecular formula is C16H15BrFNO. The number of nitrogens with zero attached hydrogens (tertiary/aromatic N) is 1. The first-order chi connectivity index (χ1) is 9.49. The molecule has 0 aliphatic rings. The van der Waals surface area contributed by atoms with Crippen LogP contribution in [0.1, 0.15) is 22.8 Å². The predicted molar refractivity (Wildman–Crippen MR) is 82.7 cm³/mol. The normalized spacial score (nSPS) is 10.4. The Morgan fingerprint density at radius 3 is 2.45 bits per heavy atom. The molecule has 0 unspecified atom stereocenters. The molecule has 2 aromatic rings. The van der Waals surface area contributed by atoms with E-state index in [2.05, 4.69) is 15.9 Å². The van der Waals surface area contributed by atoms with E-state index in [9.17, 15) is 9.18 Å². The summed E-state index contributed by atoms with van der Waals surface area (Å²) < 4.78 is 14.8. The molecule has 2 rings (SSSR count). The van der Waals surface area contributed by atoms with Gasteiger partial charge in [-0.15, -0.1) is 0 Å². The van der Waals surface area contributed by atoms with Crippen LogP contribution >= 0.6 is 15.9 Å². The average Bonchev–Trinajstić information content (AvgIpc) is 2.40. The Morgan fingerprint density at radius 2 is 1.85 bits per heavy atom. The van der Waals surface area contributed by atoms with Crippen molar-refractivity contribution in [2.24, 2.45) is 0 Å². The summed E-state index contributed by atoms with van der Waals surface area (Å²) in [7, 11) is 1.85. The number of anilines is 1. The topological polar surface area (TPSA) is 20.3 Å². The van der Waals surface area contributed by atoms with Gasteiger partial charge in [-0.25, -0.2) is 4.39 Å². The molecule has 0 saturated carbocycles. The third-order valence-electron chi connectivity index (χ3n) is 3.09. The quantitative estimate of drug-likeness (QED) is 0.770. The van der Waals surface area contributed by atoms with Gasteiger partial charge < -0.3 is 4.90 Å². The van der Waals surface area contributed by atoms with Crippen molar-refractivity contribution in [2.45, 2.75) is 13.5 Å². The van der Waals surface area contributed by atoms with Crippen molar-refractivity contribution < 1.29 is 9.18 Å². The zero-order valence-electron chi connectivity index (χ0n) is 11.4. The summed E-state index contributed by atoms with van der Waals surface area (Å²) in [6, 6.07) is 12.6. The van der Waals surface area contributed by atoms with E-state index < -0.39 is 5.82 Å².